The van der Waals surface area contributed by atoms with Crippen molar-refractivity contribution in [1.29, 1.82) is 0 Å². The van der Waals surface area contributed by atoms with Crippen LogP contribution in [0.5, 0.6) is 0 Å². The van der Waals surface area contributed by atoms with Crippen LogP contribution in [0.4, 0.5) is 19.0 Å². The molecule has 0 aromatic carbocycles. The van der Waals surface area contributed by atoms with Crippen molar-refractivity contribution in [2.24, 2.45) is 10.9 Å². The number of oxime groups is 1. The molecule has 0 unspecified atom stereocenters. The largest absolute Gasteiger partial charge is 0.409 e. The molecule has 8 heteroatoms. The average Bonchev–Trinajstić information content (AvgIpc) is 2.32. The molecule has 0 saturated heterocycles. The Morgan fingerprint density at radius 2 is 2.05 bits per heavy atom. The molecule has 0 spiro atoms. The van der Waals surface area contributed by atoms with Gasteiger partial charge in [0.2, 0.25) is 0 Å². The highest BCUT2D eigenvalue weighted by molar-refractivity contribution is 5.97. The molecule has 1 aromatic rings. The van der Waals surface area contributed by atoms with Crippen molar-refractivity contribution in [2.45, 2.75) is 33.0 Å². The average molecular weight is 290 g/mol. The van der Waals surface area contributed by atoms with Crippen molar-refractivity contribution in [2.75, 3.05) is 11.4 Å². The molecule has 0 atom stereocenters. The maximum atomic E-state index is 12.6. The molecule has 112 valence electrons. The summed E-state index contributed by atoms with van der Waals surface area (Å²) in [4.78, 5) is 5.20. The topological polar surface area (TPSA) is 74.7 Å². The van der Waals surface area contributed by atoms with Gasteiger partial charge in [0.15, 0.2) is 5.84 Å². The number of alkyl halides is 3. The molecule has 0 aliphatic rings. The number of hydrogen-bond acceptors (Lipinski definition) is 4. The minimum Gasteiger partial charge on any atom is -0.409 e. The lowest BCUT2D eigenvalue weighted by Crippen LogP contribution is -2.40. The fraction of sp³-hybridized carbons (Fsp3) is 0.500. The van der Waals surface area contributed by atoms with Crippen LogP contribution in [0.3, 0.4) is 0 Å². The number of pyridine rings is 1. The second-order valence-corrected chi connectivity index (χ2v) is 4.68. The Labute approximate surface area is 114 Å². The fourth-order valence-electron chi connectivity index (χ4n) is 1.73. The number of aryl methyl sites for hydroxylation is 1. The highest BCUT2D eigenvalue weighted by Gasteiger charge is 2.32. The molecule has 0 fully saturated rings. The molecule has 1 heterocycles. The zero-order valence-corrected chi connectivity index (χ0v) is 11.4. The predicted octanol–water partition coefficient (Wildman–Crippen LogP) is 2.26. The Kier molecular flexibility index (Phi) is 4.80. The van der Waals surface area contributed by atoms with Crippen LogP contribution >= 0.6 is 0 Å². The first-order valence-corrected chi connectivity index (χ1v) is 5.94. The van der Waals surface area contributed by atoms with Crippen molar-refractivity contribution in [1.82, 2.24) is 4.98 Å². The first-order valence-electron chi connectivity index (χ1n) is 5.94. The van der Waals surface area contributed by atoms with Crippen molar-refractivity contribution in [3.05, 3.63) is 23.4 Å². The van der Waals surface area contributed by atoms with E-state index in [1.165, 1.54) is 12.1 Å². The minimum absolute atomic E-state index is 0.138. The number of nitrogens with two attached hydrogens (primary N) is 1. The third kappa shape index (κ3) is 4.29. The van der Waals surface area contributed by atoms with Gasteiger partial charge in [-0.3, -0.25) is 0 Å². The number of rotatable bonds is 4. The van der Waals surface area contributed by atoms with E-state index in [1.54, 1.807) is 20.8 Å². The highest BCUT2D eigenvalue weighted by atomic mass is 19.4. The first-order chi connectivity index (χ1) is 9.14. The third-order valence-corrected chi connectivity index (χ3v) is 2.61. The number of aromatic nitrogens is 1. The molecule has 0 saturated carbocycles. The van der Waals surface area contributed by atoms with Crippen LogP contribution in [0.2, 0.25) is 0 Å². The van der Waals surface area contributed by atoms with Gasteiger partial charge in [-0.25, -0.2) is 4.98 Å². The van der Waals surface area contributed by atoms with Gasteiger partial charge in [-0.05, 0) is 32.9 Å². The van der Waals surface area contributed by atoms with Crippen molar-refractivity contribution in [3.8, 4) is 0 Å². The second kappa shape index (κ2) is 5.98. The van der Waals surface area contributed by atoms with Crippen LogP contribution in [0.15, 0.2) is 17.3 Å². The number of amidine groups is 1. The maximum absolute atomic E-state index is 12.6. The standard InChI is InChI=1S/C12H17F3N4O/c1-7(2)19(6-12(13,14)15)10-5-9(11(16)18-20)4-8(3)17-10/h4-5,7,20H,6H2,1-3H3,(H2,16,18). The molecule has 20 heavy (non-hydrogen) atoms. The number of anilines is 1. The van der Waals surface area contributed by atoms with E-state index in [4.69, 9.17) is 10.9 Å². The Morgan fingerprint density at radius 3 is 2.50 bits per heavy atom. The monoisotopic (exact) mass is 290 g/mol. The van der Waals surface area contributed by atoms with Gasteiger partial charge in [0.25, 0.3) is 0 Å². The van der Waals surface area contributed by atoms with Gasteiger partial charge in [-0.2, -0.15) is 13.2 Å². The van der Waals surface area contributed by atoms with Gasteiger partial charge in [-0.15, -0.1) is 0 Å². The molecule has 0 aliphatic heterocycles. The van der Waals surface area contributed by atoms with Gasteiger partial charge in [0.05, 0.1) is 0 Å². The Bertz CT molecular complexity index is 500. The molecule has 0 aliphatic carbocycles. The lowest BCUT2D eigenvalue weighted by atomic mass is 10.2. The minimum atomic E-state index is -4.34. The molecule has 0 amide bonds. The highest BCUT2D eigenvalue weighted by Crippen LogP contribution is 2.24. The van der Waals surface area contributed by atoms with Crippen LogP contribution in [-0.2, 0) is 0 Å². The van der Waals surface area contributed by atoms with E-state index in [1.807, 2.05) is 0 Å². The zero-order chi connectivity index (χ0) is 15.5. The van der Waals surface area contributed by atoms with E-state index in [9.17, 15) is 13.2 Å². The van der Waals surface area contributed by atoms with Gasteiger partial charge >= 0.3 is 6.18 Å². The Hall–Kier alpha value is -1.99. The Balaban J connectivity index is 3.24. The van der Waals surface area contributed by atoms with Gasteiger partial charge in [-0.1, -0.05) is 5.16 Å². The van der Waals surface area contributed by atoms with Crippen molar-refractivity contribution in [3.63, 3.8) is 0 Å². The molecule has 1 rings (SSSR count). The summed E-state index contributed by atoms with van der Waals surface area (Å²) in [7, 11) is 0. The van der Waals surface area contributed by atoms with Crippen molar-refractivity contribution >= 4 is 11.7 Å². The van der Waals surface area contributed by atoms with E-state index >= 15 is 0 Å². The fourth-order valence-corrected chi connectivity index (χ4v) is 1.73. The quantitative estimate of drug-likeness (QED) is 0.386. The van der Waals surface area contributed by atoms with Gasteiger partial charge in [0, 0.05) is 17.3 Å². The normalized spacial score (nSPS) is 12.8. The molecule has 1 aromatic heterocycles. The summed E-state index contributed by atoms with van der Waals surface area (Å²) >= 11 is 0. The number of nitrogens with zero attached hydrogens (tertiary/aromatic N) is 3. The van der Waals surface area contributed by atoms with Gasteiger partial charge in [0.1, 0.15) is 12.4 Å². The van der Waals surface area contributed by atoms with E-state index in [0.717, 1.165) is 4.90 Å². The summed E-state index contributed by atoms with van der Waals surface area (Å²) < 4.78 is 37.9. The molecular weight excluding hydrogens is 273 g/mol. The zero-order valence-electron chi connectivity index (χ0n) is 11.4. The summed E-state index contributed by atoms with van der Waals surface area (Å²) in [5.74, 6) is -0.0358. The van der Waals surface area contributed by atoms with Crippen LogP contribution in [-0.4, -0.2) is 34.8 Å². The molecular formula is C12H17F3N4O. The first kappa shape index (κ1) is 16.1. The van der Waals surface area contributed by atoms with E-state index in [-0.39, 0.29) is 11.7 Å². The van der Waals surface area contributed by atoms with E-state index in [2.05, 4.69) is 10.1 Å². The lowest BCUT2D eigenvalue weighted by molar-refractivity contribution is -0.120. The van der Waals surface area contributed by atoms with Gasteiger partial charge < -0.3 is 15.8 Å². The van der Waals surface area contributed by atoms with Crippen LogP contribution in [0, 0.1) is 6.92 Å². The smallest absolute Gasteiger partial charge is 0.405 e. The number of halogens is 3. The van der Waals surface area contributed by atoms with E-state index < -0.39 is 18.8 Å². The summed E-state index contributed by atoms with van der Waals surface area (Å²) in [5, 5.41) is 11.5. The van der Waals surface area contributed by atoms with Crippen molar-refractivity contribution < 1.29 is 18.4 Å². The summed E-state index contributed by atoms with van der Waals surface area (Å²) in [6, 6.07) is 2.50. The second-order valence-electron chi connectivity index (χ2n) is 4.68. The molecule has 0 bridgehead atoms. The SMILES string of the molecule is Cc1cc(/C(N)=N/O)cc(N(CC(F)(F)F)C(C)C)n1. The molecule has 5 nitrogen and oxygen atoms in total. The third-order valence-electron chi connectivity index (χ3n) is 2.61. The maximum Gasteiger partial charge on any atom is 0.405 e. The molecule has 0 radical (unpaired) electrons. The van der Waals surface area contributed by atoms with Crippen LogP contribution in [0.1, 0.15) is 25.1 Å². The van der Waals surface area contributed by atoms with Crippen LogP contribution < -0.4 is 10.6 Å². The summed E-state index contributed by atoms with van der Waals surface area (Å²) in [6.45, 7) is 3.79. The summed E-state index contributed by atoms with van der Waals surface area (Å²) in [6.07, 6.45) is -4.34. The van der Waals surface area contributed by atoms with Crippen LogP contribution in [0.25, 0.3) is 0 Å². The number of hydrogen-bond donors (Lipinski definition) is 2. The summed E-state index contributed by atoms with van der Waals surface area (Å²) in [5.41, 5.74) is 6.27. The van der Waals surface area contributed by atoms with E-state index in [0.29, 0.717) is 11.3 Å². The Morgan fingerprint density at radius 1 is 1.45 bits per heavy atom. The lowest BCUT2D eigenvalue weighted by Gasteiger charge is -2.29. The predicted molar refractivity (Wildman–Crippen MR) is 70.0 cm³/mol. The molecule has 3 N–H and O–H groups in total.